The molecular formula is C12H23NO3. The molecule has 0 radical (unpaired) electrons. The number of rotatable bonds is 6. The van der Waals surface area contributed by atoms with E-state index >= 15 is 0 Å². The number of carbonyl (C=O) groups excluding carboxylic acids is 1. The van der Waals surface area contributed by atoms with E-state index in [2.05, 4.69) is 19.2 Å². The van der Waals surface area contributed by atoms with Crippen molar-refractivity contribution in [3.63, 3.8) is 0 Å². The molecule has 1 fully saturated rings. The van der Waals surface area contributed by atoms with Crippen LogP contribution < -0.4 is 5.32 Å². The molecule has 0 aromatic carbocycles. The largest absolute Gasteiger partial charge is 0.463 e. The predicted octanol–water partition coefficient (Wildman–Crippen LogP) is 1.20. The molecule has 1 unspecified atom stereocenters. The first-order valence-electron chi connectivity index (χ1n) is 6.09. The second kappa shape index (κ2) is 6.21. The van der Waals surface area contributed by atoms with Gasteiger partial charge in [0.1, 0.15) is 6.61 Å². The highest BCUT2D eigenvalue weighted by atomic mass is 16.6. The van der Waals surface area contributed by atoms with Crippen LogP contribution in [0, 0.1) is 11.3 Å². The van der Waals surface area contributed by atoms with Gasteiger partial charge in [-0.3, -0.25) is 4.79 Å². The maximum absolute atomic E-state index is 12.1. The van der Waals surface area contributed by atoms with Crippen LogP contribution in [0.1, 0.15) is 27.2 Å². The van der Waals surface area contributed by atoms with Crippen LogP contribution in [0.5, 0.6) is 0 Å². The highest BCUT2D eigenvalue weighted by Crippen LogP contribution is 2.35. The van der Waals surface area contributed by atoms with E-state index in [1.165, 1.54) is 0 Å². The summed E-state index contributed by atoms with van der Waals surface area (Å²) in [6.45, 7) is 9.24. The fraction of sp³-hybridized carbons (Fsp3) is 0.917. The maximum atomic E-state index is 12.1. The fourth-order valence-corrected chi connectivity index (χ4v) is 2.10. The normalized spacial score (nSPS) is 25.0. The van der Waals surface area contributed by atoms with Gasteiger partial charge in [-0.15, -0.1) is 0 Å². The first kappa shape index (κ1) is 13.5. The van der Waals surface area contributed by atoms with Crippen molar-refractivity contribution >= 4 is 5.97 Å². The van der Waals surface area contributed by atoms with Crippen LogP contribution >= 0.6 is 0 Å². The van der Waals surface area contributed by atoms with E-state index < -0.39 is 0 Å². The minimum atomic E-state index is -0.327. The highest BCUT2D eigenvalue weighted by molar-refractivity contribution is 5.78. The van der Waals surface area contributed by atoms with Crippen LogP contribution in [0.3, 0.4) is 0 Å². The fourth-order valence-electron chi connectivity index (χ4n) is 2.10. The summed E-state index contributed by atoms with van der Waals surface area (Å²) in [7, 11) is 0. The summed E-state index contributed by atoms with van der Waals surface area (Å²) in [6, 6.07) is 0. The Hall–Kier alpha value is -0.610. The number of esters is 1. The lowest BCUT2D eigenvalue weighted by Gasteiger charge is -2.29. The molecule has 16 heavy (non-hydrogen) atoms. The van der Waals surface area contributed by atoms with Gasteiger partial charge in [0.15, 0.2) is 0 Å². The number of hydrogen-bond donors (Lipinski definition) is 1. The molecule has 0 bridgehead atoms. The summed E-state index contributed by atoms with van der Waals surface area (Å²) in [6.07, 6.45) is 0.873. The van der Waals surface area contributed by atoms with Crippen LogP contribution in [-0.4, -0.2) is 38.9 Å². The molecule has 1 rings (SSSR count). The summed E-state index contributed by atoms with van der Waals surface area (Å²) >= 11 is 0. The predicted molar refractivity (Wildman–Crippen MR) is 62.2 cm³/mol. The first-order valence-corrected chi connectivity index (χ1v) is 6.09. The molecule has 0 saturated carbocycles. The summed E-state index contributed by atoms with van der Waals surface area (Å²) in [4.78, 5) is 12.1. The van der Waals surface area contributed by atoms with E-state index in [0.29, 0.717) is 25.7 Å². The molecule has 0 aromatic heterocycles. The number of nitrogens with one attached hydrogen (secondary N) is 1. The molecule has 0 aromatic rings. The number of hydrogen-bond acceptors (Lipinski definition) is 4. The van der Waals surface area contributed by atoms with Crippen LogP contribution in [0.2, 0.25) is 0 Å². The smallest absolute Gasteiger partial charge is 0.313 e. The Balaban J connectivity index is 2.43. The Morgan fingerprint density at radius 1 is 1.44 bits per heavy atom. The molecule has 1 aliphatic heterocycles. The molecule has 0 aliphatic carbocycles. The molecule has 1 saturated heterocycles. The highest BCUT2D eigenvalue weighted by Gasteiger charge is 2.45. The van der Waals surface area contributed by atoms with Crippen molar-refractivity contribution in [2.75, 3.05) is 32.9 Å². The average Bonchev–Trinajstić information content (AvgIpc) is 2.74. The van der Waals surface area contributed by atoms with E-state index in [4.69, 9.17) is 9.47 Å². The van der Waals surface area contributed by atoms with Gasteiger partial charge in [0.05, 0.1) is 12.0 Å². The zero-order valence-corrected chi connectivity index (χ0v) is 10.5. The minimum Gasteiger partial charge on any atom is -0.463 e. The number of carbonyl (C=O) groups is 1. The average molecular weight is 229 g/mol. The van der Waals surface area contributed by atoms with Crippen molar-refractivity contribution < 1.29 is 14.3 Å². The Morgan fingerprint density at radius 2 is 2.19 bits per heavy atom. The SMILES string of the molecule is CCOCCOC(=O)C1(C(C)C)CCNC1. The van der Waals surface area contributed by atoms with Gasteiger partial charge in [0.25, 0.3) is 0 Å². The summed E-state index contributed by atoms with van der Waals surface area (Å²) < 4.78 is 10.4. The quantitative estimate of drug-likeness (QED) is 0.549. The lowest BCUT2D eigenvalue weighted by Crippen LogP contribution is -2.40. The molecule has 94 valence electrons. The van der Waals surface area contributed by atoms with Gasteiger partial charge in [-0.05, 0) is 25.8 Å². The van der Waals surface area contributed by atoms with Crippen molar-refractivity contribution in [2.45, 2.75) is 27.2 Å². The van der Waals surface area contributed by atoms with Crippen molar-refractivity contribution in [3.8, 4) is 0 Å². The Morgan fingerprint density at radius 3 is 2.69 bits per heavy atom. The van der Waals surface area contributed by atoms with Crippen LogP contribution in [-0.2, 0) is 14.3 Å². The molecule has 4 nitrogen and oxygen atoms in total. The zero-order valence-electron chi connectivity index (χ0n) is 10.5. The molecule has 1 heterocycles. The lowest BCUT2D eigenvalue weighted by atomic mass is 9.76. The van der Waals surface area contributed by atoms with Crippen LogP contribution in [0.25, 0.3) is 0 Å². The van der Waals surface area contributed by atoms with E-state index in [1.807, 2.05) is 6.92 Å². The van der Waals surface area contributed by atoms with Crippen molar-refractivity contribution in [1.29, 1.82) is 0 Å². The molecule has 0 amide bonds. The molecule has 0 spiro atoms. The first-order chi connectivity index (χ1) is 7.63. The van der Waals surface area contributed by atoms with Gasteiger partial charge in [0, 0.05) is 13.2 Å². The van der Waals surface area contributed by atoms with Gasteiger partial charge < -0.3 is 14.8 Å². The standard InChI is InChI=1S/C12H23NO3/c1-4-15-7-8-16-11(14)12(10(2)3)5-6-13-9-12/h10,13H,4-9H2,1-3H3. The zero-order chi connectivity index (χ0) is 12.0. The molecule has 1 N–H and O–H groups in total. The molecular weight excluding hydrogens is 206 g/mol. The van der Waals surface area contributed by atoms with Gasteiger partial charge in [-0.1, -0.05) is 13.8 Å². The van der Waals surface area contributed by atoms with E-state index in [-0.39, 0.29) is 11.4 Å². The van der Waals surface area contributed by atoms with Crippen LogP contribution in [0.4, 0.5) is 0 Å². The molecule has 4 heteroatoms. The topological polar surface area (TPSA) is 47.6 Å². The summed E-state index contributed by atoms with van der Waals surface area (Å²) in [5, 5.41) is 3.24. The summed E-state index contributed by atoms with van der Waals surface area (Å²) in [5.74, 6) is 0.231. The second-order valence-electron chi connectivity index (χ2n) is 4.57. The van der Waals surface area contributed by atoms with E-state index in [0.717, 1.165) is 19.5 Å². The Kier molecular flexibility index (Phi) is 5.22. The van der Waals surface area contributed by atoms with Gasteiger partial charge in [-0.2, -0.15) is 0 Å². The lowest BCUT2D eigenvalue weighted by molar-refractivity contribution is -0.159. The van der Waals surface area contributed by atoms with Crippen molar-refractivity contribution in [1.82, 2.24) is 5.32 Å². The van der Waals surface area contributed by atoms with Crippen molar-refractivity contribution in [2.24, 2.45) is 11.3 Å². The molecule has 1 atom stereocenters. The summed E-state index contributed by atoms with van der Waals surface area (Å²) in [5.41, 5.74) is -0.327. The van der Waals surface area contributed by atoms with Gasteiger partial charge >= 0.3 is 5.97 Å². The Bertz CT molecular complexity index is 222. The molecule has 1 aliphatic rings. The second-order valence-corrected chi connectivity index (χ2v) is 4.57. The Labute approximate surface area is 97.7 Å². The third-order valence-corrected chi connectivity index (χ3v) is 3.36. The maximum Gasteiger partial charge on any atom is 0.313 e. The van der Waals surface area contributed by atoms with Crippen molar-refractivity contribution in [3.05, 3.63) is 0 Å². The van der Waals surface area contributed by atoms with Crippen LogP contribution in [0.15, 0.2) is 0 Å². The third-order valence-electron chi connectivity index (χ3n) is 3.36. The van der Waals surface area contributed by atoms with E-state index in [1.54, 1.807) is 0 Å². The minimum absolute atomic E-state index is 0.0767. The van der Waals surface area contributed by atoms with E-state index in [9.17, 15) is 4.79 Å². The van der Waals surface area contributed by atoms with Gasteiger partial charge in [0.2, 0.25) is 0 Å². The van der Waals surface area contributed by atoms with Gasteiger partial charge in [-0.25, -0.2) is 0 Å². The monoisotopic (exact) mass is 229 g/mol. The third kappa shape index (κ3) is 2.95. The number of ether oxygens (including phenoxy) is 2.